The summed E-state index contributed by atoms with van der Waals surface area (Å²) in [5.41, 5.74) is 8.16. The first-order chi connectivity index (χ1) is 8.54. The Kier molecular flexibility index (Phi) is 3.77. The molecule has 0 radical (unpaired) electrons. The van der Waals surface area contributed by atoms with Crippen LogP contribution in [0.1, 0.15) is 25.3 Å². The van der Waals surface area contributed by atoms with Crippen molar-refractivity contribution in [2.75, 3.05) is 23.1 Å². The molecule has 2 rings (SSSR count). The summed E-state index contributed by atoms with van der Waals surface area (Å²) >= 11 is 0. The van der Waals surface area contributed by atoms with Crippen LogP contribution in [0.2, 0.25) is 0 Å². The van der Waals surface area contributed by atoms with Crippen molar-refractivity contribution >= 4 is 21.6 Å². The van der Waals surface area contributed by atoms with E-state index in [0.717, 1.165) is 30.5 Å². The zero-order chi connectivity index (χ0) is 13.2. The van der Waals surface area contributed by atoms with Crippen molar-refractivity contribution in [2.24, 2.45) is 0 Å². The quantitative estimate of drug-likeness (QED) is 0.808. The van der Waals surface area contributed by atoms with Gasteiger partial charge in [0.1, 0.15) is 0 Å². The first kappa shape index (κ1) is 13.2. The predicted molar refractivity (Wildman–Crippen MR) is 73.7 cm³/mol. The Bertz CT molecular complexity index is 528. The second kappa shape index (κ2) is 5.16. The molecule has 18 heavy (non-hydrogen) atoms. The first-order valence-electron chi connectivity index (χ1n) is 6.20. The summed E-state index contributed by atoms with van der Waals surface area (Å²) < 4.78 is 28.4. The van der Waals surface area contributed by atoms with E-state index < -0.39 is 10.2 Å². The van der Waals surface area contributed by atoms with E-state index in [1.54, 1.807) is 12.1 Å². The molecule has 0 aliphatic carbocycles. The molecule has 0 bridgehead atoms. The van der Waals surface area contributed by atoms with Gasteiger partial charge in [0.2, 0.25) is 0 Å². The van der Waals surface area contributed by atoms with Crippen molar-refractivity contribution in [1.29, 1.82) is 0 Å². The van der Waals surface area contributed by atoms with E-state index in [-0.39, 0.29) is 0 Å². The highest BCUT2D eigenvalue weighted by Gasteiger charge is 2.26. The van der Waals surface area contributed by atoms with E-state index in [1.807, 2.05) is 13.0 Å². The largest absolute Gasteiger partial charge is 0.399 e. The molecule has 0 unspecified atom stereocenters. The Hall–Kier alpha value is -1.27. The second-order valence-corrected chi connectivity index (χ2v) is 6.14. The molecule has 1 aromatic rings. The summed E-state index contributed by atoms with van der Waals surface area (Å²) in [6.07, 6.45) is 2.48. The molecule has 0 saturated heterocycles. The fourth-order valence-electron chi connectivity index (χ4n) is 2.14. The number of fused-ring (bicyclic) bond motifs is 1. The third-order valence-electron chi connectivity index (χ3n) is 3.00. The van der Waals surface area contributed by atoms with E-state index in [0.29, 0.717) is 18.8 Å². The molecule has 3 N–H and O–H groups in total. The van der Waals surface area contributed by atoms with Gasteiger partial charge in [0, 0.05) is 18.8 Å². The van der Waals surface area contributed by atoms with Crippen LogP contribution < -0.4 is 14.8 Å². The van der Waals surface area contributed by atoms with Crippen LogP contribution in [0, 0.1) is 0 Å². The third kappa shape index (κ3) is 2.59. The number of aryl methyl sites for hydroxylation is 1. The second-order valence-electron chi connectivity index (χ2n) is 4.46. The van der Waals surface area contributed by atoms with E-state index in [4.69, 9.17) is 5.73 Å². The summed E-state index contributed by atoms with van der Waals surface area (Å²) in [4.78, 5) is 0. The standard InChI is InChI=1S/C12H19N3O2S/c1-2-7-14-18(16,17)15-8-3-4-10-9-11(13)5-6-12(10)15/h5-6,9,14H,2-4,7-8,13H2,1H3. The fourth-order valence-corrected chi connectivity index (χ4v) is 3.57. The highest BCUT2D eigenvalue weighted by Crippen LogP contribution is 2.30. The SMILES string of the molecule is CCCNS(=O)(=O)N1CCCc2cc(N)ccc21. The molecule has 1 aromatic carbocycles. The number of rotatable bonds is 4. The van der Waals surface area contributed by atoms with E-state index >= 15 is 0 Å². The summed E-state index contributed by atoms with van der Waals surface area (Å²) in [7, 11) is -3.43. The number of hydrogen-bond acceptors (Lipinski definition) is 3. The highest BCUT2D eigenvalue weighted by atomic mass is 32.2. The Labute approximate surface area is 108 Å². The molecule has 0 atom stereocenters. The molecule has 1 aliphatic heterocycles. The minimum Gasteiger partial charge on any atom is -0.399 e. The van der Waals surface area contributed by atoms with Gasteiger partial charge in [0.25, 0.3) is 0 Å². The van der Waals surface area contributed by atoms with Gasteiger partial charge in [-0.2, -0.15) is 13.1 Å². The van der Waals surface area contributed by atoms with Crippen LogP contribution in [-0.4, -0.2) is 21.5 Å². The van der Waals surface area contributed by atoms with E-state index in [9.17, 15) is 8.42 Å². The molecular formula is C12H19N3O2S. The molecule has 0 spiro atoms. The molecule has 0 amide bonds. The Morgan fingerprint density at radius 1 is 1.44 bits per heavy atom. The highest BCUT2D eigenvalue weighted by molar-refractivity contribution is 7.90. The number of hydrogen-bond donors (Lipinski definition) is 2. The van der Waals surface area contributed by atoms with Crippen molar-refractivity contribution in [1.82, 2.24) is 4.72 Å². The van der Waals surface area contributed by atoms with Crippen LogP contribution in [-0.2, 0) is 16.6 Å². The average Bonchev–Trinajstić information content (AvgIpc) is 2.35. The maximum atomic E-state index is 12.2. The van der Waals surface area contributed by atoms with Crippen molar-refractivity contribution in [3.63, 3.8) is 0 Å². The summed E-state index contributed by atoms with van der Waals surface area (Å²) in [6, 6.07) is 5.39. The molecule has 1 aliphatic rings. The number of nitrogens with zero attached hydrogens (tertiary/aromatic N) is 1. The van der Waals surface area contributed by atoms with Crippen LogP contribution in [0.4, 0.5) is 11.4 Å². The molecule has 100 valence electrons. The number of anilines is 2. The predicted octanol–water partition coefficient (Wildman–Crippen LogP) is 1.27. The zero-order valence-corrected chi connectivity index (χ0v) is 11.3. The van der Waals surface area contributed by atoms with Crippen LogP contribution in [0.5, 0.6) is 0 Å². The van der Waals surface area contributed by atoms with Gasteiger partial charge in [0.15, 0.2) is 0 Å². The van der Waals surface area contributed by atoms with Gasteiger partial charge < -0.3 is 5.73 Å². The van der Waals surface area contributed by atoms with E-state index in [1.165, 1.54) is 4.31 Å². The summed E-state index contributed by atoms with van der Waals surface area (Å²) in [5.74, 6) is 0. The molecule has 0 aromatic heterocycles. The first-order valence-corrected chi connectivity index (χ1v) is 7.64. The van der Waals surface area contributed by atoms with Gasteiger partial charge in [0.05, 0.1) is 5.69 Å². The lowest BCUT2D eigenvalue weighted by Gasteiger charge is -2.30. The van der Waals surface area contributed by atoms with Gasteiger partial charge >= 0.3 is 10.2 Å². The maximum Gasteiger partial charge on any atom is 0.301 e. The van der Waals surface area contributed by atoms with Crippen molar-refractivity contribution in [2.45, 2.75) is 26.2 Å². The number of nitrogens with one attached hydrogen (secondary N) is 1. The van der Waals surface area contributed by atoms with Crippen molar-refractivity contribution < 1.29 is 8.42 Å². The lowest BCUT2D eigenvalue weighted by Crippen LogP contribution is -2.43. The van der Waals surface area contributed by atoms with E-state index in [2.05, 4.69) is 4.72 Å². The summed E-state index contributed by atoms with van der Waals surface area (Å²) in [5, 5.41) is 0. The number of benzene rings is 1. The van der Waals surface area contributed by atoms with Gasteiger partial charge in [-0.15, -0.1) is 0 Å². The molecule has 1 heterocycles. The van der Waals surface area contributed by atoms with Crippen LogP contribution >= 0.6 is 0 Å². The van der Waals surface area contributed by atoms with Gasteiger partial charge in [-0.3, -0.25) is 4.31 Å². The summed E-state index contributed by atoms with van der Waals surface area (Å²) in [6.45, 7) is 2.92. The minimum atomic E-state index is -3.43. The lowest BCUT2D eigenvalue weighted by atomic mass is 10.0. The average molecular weight is 269 g/mol. The number of nitrogens with two attached hydrogens (primary N) is 1. The number of nitrogen functional groups attached to an aromatic ring is 1. The molecule has 0 fully saturated rings. The normalized spacial score (nSPS) is 15.5. The topological polar surface area (TPSA) is 75.4 Å². The smallest absolute Gasteiger partial charge is 0.301 e. The zero-order valence-electron chi connectivity index (χ0n) is 10.5. The Morgan fingerprint density at radius 3 is 2.94 bits per heavy atom. The molecule has 0 saturated carbocycles. The lowest BCUT2D eigenvalue weighted by molar-refractivity contribution is 0.571. The van der Waals surface area contributed by atoms with Gasteiger partial charge in [-0.1, -0.05) is 6.92 Å². The molecule has 5 nitrogen and oxygen atoms in total. The van der Waals surface area contributed by atoms with Crippen molar-refractivity contribution in [3.8, 4) is 0 Å². The third-order valence-corrected chi connectivity index (χ3v) is 4.53. The fraction of sp³-hybridized carbons (Fsp3) is 0.500. The molecular weight excluding hydrogens is 250 g/mol. The Balaban J connectivity index is 2.33. The van der Waals surface area contributed by atoms with Crippen LogP contribution in [0.25, 0.3) is 0 Å². The van der Waals surface area contributed by atoms with Crippen LogP contribution in [0.3, 0.4) is 0 Å². The molecule has 6 heteroatoms. The monoisotopic (exact) mass is 269 g/mol. The maximum absolute atomic E-state index is 12.2. The van der Waals surface area contributed by atoms with Gasteiger partial charge in [-0.25, -0.2) is 0 Å². The Morgan fingerprint density at radius 2 is 2.22 bits per heavy atom. The van der Waals surface area contributed by atoms with Gasteiger partial charge in [-0.05, 0) is 43.0 Å². The van der Waals surface area contributed by atoms with Crippen LogP contribution in [0.15, 0.2) is 18.2 Å². The minimum absolute atomic E-state index is 0.461. The van der Waals surface area contributed by atoms with Crippen molar-refractivity contribution in [3.05, 3.63) is 23.8 Å².